The number of carbonyl (C=O) groups excluding carboxylic acids is 1. The second kappa shape index (κ2) is 8.99. The minimum Gasteiger partial charge on any atom is -0.497 e. The summed E-state index contributed by atoms with van der Waals surface area (Å²) in [6, 6.07) is 8.95. The molecule has 1 N–H and O–H groups in total. The lowest BCUT2D eigenvalue weighted by Gasteiger charge is -2.08. The highest BCUT2D eigenvalue weighted by molar-refractivity contribution is 14.1. The van der Waals surface area contributed by atoms with Gasteiger partial charge in [0.2, 0.25) is 0 Å². The number of hydrazone groups is 1. The molecule has 0 fully saturated rings. The maximum absolute atomic E-state index is 11.6. The van der Waals surface area contributed by atoms with Crippen molar-refractivity contribution in [1.29, 1.82) is 0 Å². The summed E-state index contributed by atoms with van der Waals surface area (Å²) in [6.07, 6.45) is 6.42. The van der Waals surface area contributed by atoms with Crippen LogP contribution in [0.25, 0.3) is 6.08 Å². The lowest BCUT2D eigenvalue weighted by molar-refractivity contribution is -0.123. The van der Waals surface area contributed by atoms with Gasteiger partial charge < -0.3 is 13.9 Å². The van der Waals surface area contributed by atoms with Crippen molar-refractivity contribution in [3.8, 4) is 11.5 Å². The van der Waals surface area contributed by atoms with Crippen molar-refractivity contribution < 1.29 is 18.7 Å². The Morgan fingerprint density at radius 3 is 3.00 bits per heavy atom. The third-order valence-electron chi connectivity index (χ3n) is 2.65. The summed E-state index contributed by atoms with van der Waals surface area (Å²) >= 11 is 2.12. The average molecular weight is 426 g/mol. The molecule has 0 aliphatic heterocycles. The molecule has 1 aromatic carbocycles. The number of amides is 1. The molecule has 0 bridgehead atoms. The Bertz CT molecular complexity index is 696. The zero-order chi connectivity index (χ0) is 16.5. The fourth-order valence-corrected chi connectivity index (χ4v) is 2.22. The fourth-order valence-electron chi connectivity index (χ4n) is 1.58. The average Bonchev–Trinajstić information content (AvgIpc) is 3.06. The normalized spacial score (nSPS) is 11.0. The Labute approximate surface area is 147 Å². The van der Waals surface area contributed by atoms with Crippen LogP contribution in [0.1, 0.15) is 5.76 Å². The standard InChI is InChI=1S/C16H15IN2O4/c1-21-13-6-7-15(14(17)10-13)23-11-16(20)19-18-8-2-4-12-5-3-9-22-12/h2-10H,11H2,1H3,(H,19,20). The molecule has 0 saturated heterocycles. The van der Waals surface area contributed by atoms with Gasteiger partial charge in [-0.15, -0.1) is 0 Å². The molecule has 0 aliphatic rings. The summed E-state index contributed by atoms with van der Waals surface area (Å²) in [4.78, 5) is 11.6. The van der Waals surface area contributed by atoms with Gasteiger partial charge in [-0.2, -0.15) is 5.10 Å². The topological polar surface area (TPSA) is 73.1 Å². The number of rotatable bonds is 7. The molecule has 0 aliphatic carbocycles. The minimum atomic E-state index is -0.348. The number of nitrogens with one attached hydrogen (secondary N) is 1. The lowest BCUT2D eigenvalue weighted by Crippen LogP contribution is -2.24. The molecular formula is C16H15IN2O4. The number of methoxy groups -OCH3 is 1. The van der Waals surface area contributed by atoms with Crippen LogP contribution in [0, 0.1) is 3.57 Å². The van der Waals surface area contributed by atoms with Gasteiger partial charge in [0.15, 0.2) is 6.61 Å². The Morgan fingerprint density at radius 2 is 2.30 bits per heavy atom. The number of carbonyl (C=O) groups is 1. The Kier molecular flexibility index (Phi) is 6.67. The summed E-state index contributed by atoms with van der Waals surface area (Å²) in [7, 11) is 1.59. The Balaban J connectivity index is 1.74. The molecule has 0 spiro atoms. The van der Waals surface area contributed by atoms with Crippen molar-refractivity contribution in [3.05, 3.63) is 52.0 Å². The van der Waals surface area contributed by atoms with Crippen molar-refractivity contribution in [3.63, 3.8) is 0 Å². The predicted octanol–water partition coefficient (Wildman–Crippen LogP) is 3.09. The third kappa shape index (κ3) is 5.78. The maximum Gasteiger partial charge on any atom is 0.277 e. The number of ether oxygens (including phenoxy) is 2. The van der Waals surface area contributed by atoms with E-state index in [4.69, 9.17) is 13.9 Å². The molecule has 2 aromatic rings. The fraction of sp³-hybridized carbons (Fsp3) is 0.125. The molecular weight excluding hydrogens is 411 g/mol. The smallest absolute Gasteiger partial charge is 0.277 e. The molecule has 0 saturated carbocycles. The van der Waals surface area contributed by atoms with Crippen molar-refractivity contribution in [2.45, 2.75) is 0 Å². The van der Waals surface area contributed by atoms with Crippen LogP contribution in [0.3, 0.4) is 0 Å². The zero-order valence-electron chi connectivity index (χ0n) is 12.4. The largest absolute Gasteiger partial charge is 0.497 e. The van der Waals surface area contributed by atoms with Crippen LogP contribution in [-0.2, 0) is 4.79 Å². The van der Waals surface area contributed by atoms with E-state index in [0.29, 0.717) is 11.5 Å². The molecule has 0 radical (unpaired) electrons. The van der Waals surface area contributed by atoms with E-state index in [1.807, 2.05) is 12.1 Å². The van der Waals surface area contributed by atoms with Crippen LogP contribution >= 0.6 is 22.6 Å². The number of benzene rings is 1. The minimum absolute atomic E-state index is 0.123. The molecule has 0 atom stereocenters. The maximum atomic E-state index is 11.6. The van der Waals surface area contributed by atoms with E-state index in [9.17, 15) is 4.79 Å². The highest BCUT2D eigenvalue weighted by atomic mass is 127. The monoisotopic (exact) mass is 426 g/mol. The molecule has 120 valence electrons. The first-order chi connectivity index (χ1) is 11.2. The molecule has 1 heterocycles. The molecule has 6 nitrogen and oxygen atoms in total. The lowest BCUT2D eigenvalue weighted by atomic mass is 10.3. The second-order valence-electron chi connectivity index (χ2n) is 4.27. The number of hydrogen-bond donors (Lipinski definition) is 1. The predicted molar refractivity (Wildman–Crippen MR) is 95.6 cm³/mol. The first-order valence-corrected chi connectivity index (χ1v) is 7.75. The van der Waals surface area contributed by atoms with Gasteiger partial charge in [-0.3, -0.25) is 4.79 Å². The summed E-state index contributed by atoms with van der Waals surface area (Å²) in [5.41, 5.74) is 2.37. The highest BCUT2D eigenvalue weighted by Gasteiger charge is 2.05. The Morgan fingerprint density at radius 1 is 1.43 bits per heavy atom. The summed E-state index contributed by atoms with van der Waals surface area (Å²) < 4.78 is 16.5. The van der Waals surface area contributed by atoms with Crippen molar-refractivity contribution >= 4 is 40.8 Å². The van der Waals surface area contributed by atoms with Crippen LogP contribution in [0.15, 0.2) is 52.2 Å². The van der Waals surface area contributed by atoms with Crippen LogP contribution in [0.2, 0.25) is 0 Å². The number of nitrogens with zero attached hydrogens (tertiary/aromatic N) is 1. The molecule has 1 aromatic heterocycles. The molecule has 7 heteroatoms. The SMILES string of the molecule is COc1ccc(OCC(=O)NN=CC=Cc2ccco2)c(I)c1. The number of hydrogen-bond acceptors (Lipinski definition) is 5. The van der Waals surface area contributed by atoms with Crippen LogP contribution < -0.4 is 14.9 Å². The zero-order valence-corrected chi connectivity index (χ0v) is 14.5. The van der Waals surface area contributed by atoms with E-state index >= 15 is 0 Å². The van der Waals surface area contributed by atoms with Gasteiger partial charge in [-0.05, 0) is 65.1 Å². The van der Waals surface area contributed by atoms with E-state index in [2.05, 4.69) is 33.1 Å². The van der Waals surface area contributed by atoms with E-state index in [1.54, 1.807) is 43.7 Å². The number of allylic oxidation sites excluding steroid dienone is 1. The first-order valence-electron chi connectivity index (χ1n) is 6.67. The van der Waals surface area contributed by atoms with Gasteiger partial charge in [0.25, 0.3) is 5.91 Å². The van der Waals surface area contributed by atoms with Crippen LogP contribution in [-0.4, -0.2) is 25.8 Å². The van der Waals surface area contributed by atoms with E-state index in [-0.39, 0.29) is 12.5 Å². The third-order valence-corrected chi connectivity index (χ3v) is 3.49. The number of halogens is 1. The van der Waals surface area contributed by atoms with Crippen molar-refractivity contribution in [1.82, 2.24) is 5.43 Å². The van der Waals surface area contributed by atoms with Crippen LogP contribution in [0.5, 0.6) is 11.5 Å². The van der Waals surface area contributed by atoms with Gasteiger partial charge in [0.05, 0.1) is 16.9 Å². The number of furan rings is 1. The highest BCUT2D eigenvalue weighted by Crippen LogP contribution is 2.25. The van der Waals surface area contributed by atoms with Crippen LogP contribution in [0.4, 0.5) is 0 Å². The van der Waals surface area contributed by atoms with E-state index in [1.165, 1.54) is 6.21 Å². The summed E-state index contributed by atoms with van der Waals surface area (Å²) in [6.45, 7) is -0.123. The van der Waals surface area contributed by atoms with Crippen molar-refractivity contribution in [2.24, 2.45) is 5.10 Å². The second-order valence-corrected chi connectivity index (χ2v) is 5.43. The molecule has 1 amide bonds. The van der Waals surface area contributed by atoms with E-state index < -0.39 is 0 Å². The first kappa shape index (κ1) is 17.1. The quantitative estimate of drug-likeness (QED) is 0.420. The summed E-state index contributed by atoms with van der Waals surface area (Å²) in [5, 5.41) is 3.78. The van der Waals surface area contributed by atoms with Gasteiger partial charge in [0, 0.05) is 6.21 Å². The Hall–Kier alpha value is -2.29. The molecule has 23 heavy (non-hydrogen) atoms. The summed E-state index contributed by atoms with van der Waals surface area (Å²) in [5.74, 6) is 1.71. The van der Waals surface area contributed by atoms with Gasteiger partial charge >= 0.3 is 0 Å². The molecule has 0 unspecified atom stereocenters. The van der Waals surface area contributed by atoms with Gasteiger partial charge in [0.1, 0.15) is 17.3 Å². The van der Waals surface area contributed by atoms with Crippen molar-refractivity contribution in [2.75, 3.05) is 13.7 Å². The van der Waals surface area contributed by atoms with Gasteiger partial charge in [-0.25, -0.2) is 5.43 Å². The van der Waals surface area contributed by atoms with E-state index in [0.717, 1.165) is 9.32 Å². The van der Waals surface area contributed by atoms with Gasteiger partial charge in [-0.1, -0.05) is 0 Å². The molecule has 2 rings (SSSR count).